The molecule has 0 fully saturated rings. The first-order valence-electron chi connectivity index (χ1n) is 5.60. The number of ether oxygens (including phenoxy) is 2. The number of hydrogen-bond acceptors (Lipinski definition) is 4. The molecule has 18 heavy (non-hydrogen) atoms. The maximum Gasteiger partial charge on any atom is 0.306 e. The Hall–Kier alpha value is -1.91. The fraction of sp³-hybridized carbons (Fsp3) is 0.385. The van der Waals surface area contributed by atoms with Gasteiger partial charge in [0.2, 0.25) is 0 Å². The van der Waals surface area contributed by atoms with Crippen LogP contribution in [0.4, 0.5) is 4.39 Å². The Morgan fingerprint density at radius 2 is 2.00 bits per heavy atom. The second-order valence-electron chi connectivity index (χ2n) is 3.58. The summed E-state index contributed by atoms with van der Waals surface area (Å²) in [5.41, 5.74) is 0.220. The number of methoxy groups -OCH3 is 1. The van der Waals surface area contributed by atoms with Crippen LogP contribution in [-0.2, 0) is 9.53 Å². The zero-order chi connectivity index (χ0) is 13.5. The molecule has 5 heteroatoms. The highest BCUT2D eigenvalue weighted by Crippen LogP contribution is 2.18. The second kappa shape index (κ2) is 6.74. The SMILES string of the molecule is CCOC(=O)CCC(=O)c1ccc(OC)c(F)c1. The molecule has 0 aliphatic carbocycles. The lowest BCUT2D eigenvalue weighted by Crippen LogP contribution is -2.08. The van der Waals surface area contributed by atoms with Crippen LogP contribution in [0.15, 0.2) is 18.2 Å². The lowest BCUT2D eigenvalue weighted by atomic mass is 10.1. The van der Waals surface area contributed by atoms with Gasteiger partial charge in [-0.3, -0.25) is 9.59 Å². The quantitative estimate of drug-likeness (QED) is 0.577. The summed E-state index contributed by atoms with van der Waals surface area (Å²) in [6.45, 7) is 1.97. The van der Waals surface area contributed by atoms with E-state index < -0.39 is 11.8 Å². The van der Waals surface area contributed by atoms with E-state index in [2.05, 4.69) is 0 Å². The molecule has 0 aliphatic rings. The van der Waals surface area contributed by atoms with Gasteiger partial charge in [0.1, 0.15) is 0 Å². The molecule has 0 saturated carbocycles. The summed E-state index contributed by atoms with van der Waals surface area (Å²) in [6, 6.07) is 3.95. The second-order valence-corrected chi connectivity index (χ2v) is 3.58. The zero-order valence-electron chi connectivity index (χ0n) is 10.4. The van der Waals surface area contributed by atoms with Crippen molar-refractivity contribution in [2.75, 3.05) is 13.7 Å². The first-order chi connectivity index (χ1) is 8.58. The predicted molar refractivity (Wildman–Crippen MR) is 63.1 cm³/mol. The summed E-state index contributed by atoms with van der Waals surface area (Å²) in [5, 5.41) is 0. The molecular weight excluding hydrogens is 239 g/mol. The van der Waals surface area contributed by atoms with Crippen molar-refractivity contribution >= 4 is 11.8 Å². The lowest BCUT2D eigenvalue weighted by molar-refractivity contribution is -0.143. The number of rotatable bonds is 6. The van der Waals surface area contributed by atoms with Crippen molar-refractivity contribution in [3.63, 3.8) is 0 Å². The molecule has 98 valence electrons. The Bertz CT molecular complexity index is 443. The Balaban J connectivity index is 2.62. The maximum absolute atomic E-state index is 13.4. The van der Waals surface area contributed by atoms with Gasteiger partial charge in [0, 0.05) is 12.0 Å². The van der Waals surface area contributed by atoms with E-state index >= 15 is 0 Å². The summed E-state index contributed by atoms with van der Waals surface area (Å²) in [5.74, 6) is -1.25. The molecule has 0 spiro atoms. The van der Waals surface area contributed by atoms with Crippen molar-refractivity contribution < 1.29 is 23.5 Å². The van der Waals surface area contributed by atoms with Gasteiger partial charge < -0.3 is 9.47 Å². The van der Waals surface area contributed by atoms with Crippen LogP contribution in [0.5, 0.6) is 5.75 Å². The summed E-state index contributed by atoms with van der Waals surface area (Å²) < 4.78 is 22.8. The number of hydrogen-bond donors (Lipinski definition) is 0. The van der Waals surface area contributed by atoms with Gasteiger partial charge in [-0.2, -0.15) is 0 Å². The molecule has 1 rings (SSSR count). The molecule has 0 saturated heterocycles. The fourth-order valence-electron chi connectivity index (χ4n) is 1.43. The first kappa shape index (κ1) is 14.2. The third-order valence-electron chi connectivity index (χ3n) is 2.34. The molecule has 0 aliphatic heterocycles. The molecule has 1 aromatic carbocycles. The highest BCUT2D eigenvalue weighted by molar-refractivity contribution is 5.97. The predicted octanol–water partition coefficient (Wildman–Crippen LogP) is 2.36. The number of esters is 1. The van der Waals surface area contributed by atoms with E-state index in [9.17, 15) is 14.0 Å². The van der Waals surface area contributed by atoms with Crippen LogP contribution in [0.3, 0.4) is 0 Å². The van der Waals surface area contributed by atoms with Crippen molar-refractivity contribution in [2.45, 2.75) is 19.8 Å². The molecular formula is C13H15FO4. The monoisotopic (exact) mass is 254 g/mol. The molecule has 0 radical (unpaired) electrons. The number of ketones is 1. The number of carbonyl (C=O) groups excluding carboxylic acids is 2. The van der Waals surface area contributed by atoms with Crippen molar-refractivity contribution in [1.29, 1.82) is 0 Å². The minimum Gasteiger partial charge on any atom is -0.494 e. The van der Waals surface area contributed by atoms with Crippen LogP contribution in [-0.4, -0.2) is 25.5 Å². The van der Waals surface area contributed by atoms with Gasteiger partial charge in [0.05, 0.1) is 20.1 Å². The molecule has 0 bridgehead atoms. The molecule has 0 amide bonds. The van der Waals surface area contributed by atoms with E-state index in [-0.39, 0.29) is 36.5 Å². The van der Waals surface area contributed by atoms with Gasteiger partial charge in [-0.15, -0.1) is 0 Å². The number of benzene rings is 1. The fourth-order valence-corrected chi connectivity index (χ4v) is 1.43. The van der Waals surface area contributed by atoms with Crippen LogP contribution in [0.2, 0.25) is 0 Å². The van der Waals surface area contributed by atoms with Crippen LogP contribution >= 0.6 is 0 Å². The normalized spacial score (nSPS) is 9.94. The van der Waals surface area contributed by atoms with E-state index in [1.165, 1.54) is 19.2 Å². The number of Topliss-reactive ketones (excluding diaryl/α,β-unsaturated/α-hetero) is 1. The van der Waals surface area contributed by atoms with Crippen molar-refractivity contribution in [3.8, 4) is 5.75 Å². The van der Waals surface area contributed by atoms with Gasteiger partial charge >= 0.3 is 5.97 Å². The third-order valence-corrected chi connectivity index (χ3v) is 2.34. The van der Waals surface area contributed by atoms with Crippen LogP contribution in [0.25, 0.3) is 0 Å². The van der Waals surface area contributed by atoms with Gasteiger partial charge in [0.25, 0.3) is 0 Å². The van der Waals surface area contributed by atoms with Crippen molar-refractivity contribution in [2.24, 2.45) is 0 Å². The van der Waals surface area contributed by atoms with Gasteiger partial charge in [-0.25, -0.2) is 4.39 Å². The van der Waals surface area contributed by atoms with E-state index in [1.807, 2.05) is 0 Å². The Labute approximate surface area is 105 Å². The number of halogens is 1. The number of carbonyl (C=O) groups is 2. The molecule has 0 N–H and O–H groups in total. The van der Waals surface area contributed by atoms with Crippen molar-refractivity contribution in [3.05, 3.63) is 29.6 Å². The zero-order valence-corrected chi connectivity index (χ0v) is 10.4. The summed E-state index contributed by atoms with van der Waals surface area (Å²) in [6.07, 6.45) is 0.00488. The molecule has 0 aromatic heterocycles. The van der Waals surface area contributed by atoms with Crippen molar-refractivity contribution in [1.82, 2.24) is 0 Å². The van der Waals surface area contributed by atoms with E-state index in [0.29, 0.717) is 0 Å². The standard InChI is InChI=1S/C13H15FO4/c1-3-18-13(16)7-5-11(15)9-4-6-12(17-2)10(14)8-9/h4,6,8H,3,5,7H2,1-2H3. The average molecular weight is 254 g/mol. The van der Waals surface area contributed by atoms with Crippen LogP contribution in [0.1, 0.15) is 30.1 Å². The summed E-state index contributed by atoms with van der Waals surface area (Å²) in [4.78, 5) is 22.8. The van der Waals surface area contributed by atoms with Crippen LogP contribution in [0, 0.1) is 5.82 Å². The molecule has 0 atom stereocenters. The first-order valence-corrected chi connectivity index (χ1v) is 5.60. The maximum atomic E-state index is 13.4. The van der Waals surface area contributed by atoms with Gasteiger partial charge in [-0.05, 0) is 25.1 Å². The largest absolute Gasteiger partial charge is 0.494 e. The molecule has 1 aromatic rings. The smallest absolute Gasteiger partial charge is 0.306 e. The average Bonchev–Trinajstić information content (AvgIpc) is 2.36. The Morgan fingerprint density at radius 3 is 2.56 bits per heavy atom. The van der Waals surface area contributed by atoms with Crippen LogP contribution < -0.4 is 4.74 Å². The van der Waals surface area contributed by atoms with Gasteiger partial charge in [-0.1, -0.05) is 0 Å². The van der Waals surface area contributed by atoms with E-state index in [1.54, 1.807) is 6.92 Å². The topological polar surface area (TPSA) is 52.6 Å². The van der Waals surface area contributed by atoms with Gasteiger partial charge in [0.15, 0.2) is 17.3 Å². The minimum absolute atomic E-state index is 0.000319. The Kier molecular flexibility index (Phi) is 5.30. The van der Waals surface area contributed by atoms with E-state index in [0.717, 1.165) is 6.07 Å². The lowest BCUT2D eigenvalue weighted by Gasteiger charge is -2.04. The highest BCUT2D eigenvalue weighted by atomic mass is 19.1. The molecule has 0 unspecified atom stereocenters. The summed E-state index contributed by atoms with van der Waals surface area (Å²) in [7, 11) is 1.35. The highest BCUT2D eigenvalue weighted by Gasteiger charge is 2.12. The van der Waals surface area contributed by atoms with E-state index in [4.69, 9.17) is 9.47 Å². The molecule has 0 heterocycles. The summed E-state index contributed by atoms with van der Waals surface area (Å²) >= 11 is 0. The molecule has 4 nitrogen and oxygen atoms in total. The third kappa shape index (κ3) is 3.84. The Morgan fingerprint density at radius 1 is 1.28 bits per heavy atom. The minimum atomic E-state index is -0.598.